The summed E-state index contributed by atoms with van der Waals surface area (Å²) < 4.78 is 0. The molecule has 0 saturated heterocycles. The molecule has 0 spiro atoms. The highest BCUT2D eigenvalue weighted by molar-refractivity contribution is 5.94. The molecule has 3 heteroatoms. The second kappa shape index (κ2) is 6.51. The van der Waals surface area contributed by atoms with Crippen LogP contribution in [-0.2, 0) is 6.42 Å². The number of hydrogen-bond acceptors (Lipinski definition) is 2. The number of hydrogen-bond donors (Lipinski definition) is 2. The summed E-state index contributed by atoms with van der Waals surface area (Å²) in [4.78, 5) is 12.6. The SMILES string of the molecule is CC(C)(O)C#Cc1cccc(C(=O)N[C@@H]2CCc3ccccc32)c1. The molecule has 0 saturated carbocycles. The van der Waals surface area contributed by atoms with Crippen molar-refractivity contribution in [3.8, 4) is 11.8 Å². The van der Waals surface area contributed by atoms with E-state index < -0.39 is 5.60 Å². The van der Waals surface area contributed by atoms with Gasteiger partial charge in [-0.25, -0.2) is 0 Å². The summed E-state index contributed by atoms with van der Waals surface area (Å²) in [5.74, 6) is 5.58. The topological polar surface area (TPSA) is 49.3 Å². The van der Waals surface area contributed by atoms with E-state index in [1.165, 1.54) is 11.1 Å². The zero-order valence-corrected chi connectivity index (χ0v) is 14.0. The Morgan fingerprint density at radius 2 is 2.00 bits per heavy atom. The molecule has 2 N–H and O–H groups in total. The molecule has 1 atom stereocenters. The Morgan fingerprint density at radius 3 is 2.79 bits per heavy atom. The minimum absolute atomic E-state index is 0.0693. The number of benzene rings is 2. The number of carbonyl (C=O) groups is 1. The van der Waals surface area contributed by atoms with Gasteiger partial charge in [-0.1, -0.05) is 42.2 Å². The van der Waals surface area contributed by atoms with Crippen molar-refractivity contribution in [2.75, 3.05) is 0 Å². The maximum Gasteiger partial charge on any atom is 0.251 e. The third-order valence-corrected chi connectivity index (χ3v) is 4.08. The summed E-state index contributed by atoms with van der Waals surface area (Å²) in [6.45, 7) is 3.27. The van der Waals surface area contributed by atoms with Gasteiger partial charge in [0.2, 0.25) is 0 Å². The highest BCUT2D eigenvalue weighted by atomic mass is 16.3. The van der Waals surface area contributed by atoms with Gasteiger partial charge in [0.15, 0.2) is 0 Å². The van der Waals surface area contributed by atoms with Crippen LogP contribution in [0, 0.1) is 11.8 Å². The normalized spacial score (nSPS) is 16.0. The van der Waals surface area contributed by atoms with Crippen molar-refractivity contribution in [1.29, 1.82) is 0 Å². The molecule has 2 aromatic carbocycles. The van der Waals surface area contributed by atoms with Crippen LogP contribution in [0.4, 0.5) is 0 Å². The van der Waals surface area contributed by atoms with Crippen LogP contribution < -0.4 is 5.32 Å². The predicted molar refractivity (Wildman–Crippen MR) is 94.6 cm³/mol. The third-order valence-electron chi connectivity index (χ3n) is 4.08. The second-order valence-electron chi connectivity index (χ2n) is 6.65. The van der Waals surface area contributed by atoms with E-state index in [9.17, 15) is 9.90 Å². The zero-order chi connectivity index (χ0) is 17.2. The van der Waals surface area contributed by atoms with Gasteiger partial charge in [-0.2, -0.15) is 0 Å². The van der Waals surface area contributed by atoms with Crippen LogP contribution in [-0.4, -0.2) is 16.6 Å². The van der Waals surface area contributed by atoms with Gasteiger partial charge in [-0.05, 0) is 56.0 Å². The molecule has 3 rings (SSSR count). The lowest BCUT2D eigenvalue weighted by atomic mass is 10.1. The fraction of sp³-hybridized carbons (Fsp3) is 0.286. The molecule has 0 unspecified atom stereocenters. The Morgan fingerprint density at radius 1 is 1.21 bits per heavy atom. The first kappa shape index (κ1) is 16.3. The van der Waals surface area contributed by atoms with Gasteiger partial charge in [-0.15, -0.1) is 0 Å². The van der Waals surface area contributed by atoms with Gasteiger partial charge < -0.3 is 10.4 Å². The Balaban J connectivity index is 1.75. The molecule has 0 radical (unpaired) electrons. The first-order valence-electron chi connectivity index (χ1n) is 8.17. The number of rotatable bonds is 2. The van der Waals surface area contributed by atoms with Crippen LogP contribution in [0.25, 0.3) is 0 Å². The van der Waals surface area contributed by atoms with Crippen LogP contribution in [0.2, 0.25) is 0 Å². The summed E-state index contributed by atoms with van der Waals surface area (Å²) in [5.41, 5.74) is 2.78. The second-order valence-corrected chi connectivity index (χ2v) is 6.65. The maximum absolute atomic E-state index is 12.6. The summed E-state index contributed by atoms with van der Waals surface area (Å²) in [6, 6.07) is 15.5. The van der Waals surface area contributed by atoms with Crippen molar-refractivity contribution >= 4 is 5.91 Å². The lowest BCUT2D eigenvalue weighted by Crippen LogP contribution is -2.27. The average Bonchev–Trinajstić information content (AvgIpc) is 2.96. The lowest BCUT2D eigenvalue weighted by molar-refractivity contribution is 0.0936. The van der Waals surface area contributed by atoms with E-state index in [1.54, 1.807) is 26.0 Å². The summed E-state index contributed by atoms with van der Waals surface area (Å²) in [5, 5.41) is 12.8. The number of nitrogens with one attached hydrogen (secondary N) is 1. The Bertz CT molecular complexity index is 821. The standard InChI is InChI=1S/C21H21NO2/c1-21(2,24)13-12-15-6-5-8-17(14-15)20(23)22-19-11-10-16-7-3-4-9-18(16)19/h3-9,14,19,24H,10-11H2,1-2H3,(H,22,23)/t19-/m1/s1. The zero-order valence-electron chi connectivity index (χ0n) is 14.0. The third kappa shape index (κ3) is 3.84. The molecule has 0 aromatic heterocycles. The van der Waals surface area contributed by atoms with E-state index in [0.717, 1.165) is 18.4 Å². The van der Waals surface area contributed by atoms with Crippen molar-refractivity contribution in [2.24, 2.45) is 0 Å². The Hall–Kier alpha value is -2.57. The van der Waals surface area contributed by atoms with Crippen LogP contribution in [0.3, 0.4) is 0 Å². The van der Waals surface area contributed by atoms with Crippen molar-refractivity contribution in [1.82, 2.24) is 5.32 Å². The Labute approximate surface area is 142 Å². The highest BCUT2D eigenvalue weighted by Gasteiger charge is 2.23. The van der Waals surface area contributed by atoms with E-state index in [2.05, 4.69) is 29.3 Å². The van der Waals surface area contributed by atoms with Crippen molar-refractivity contribution in [3.63, 3.8) is 0 Å². The molecule has 24 heavy (non-hydrogen) atoms. The molecule has 2 aromatic rings. The largest absolute Gasteiger partial charge is 0.378 e. The lowest BCUT2D eigenvalue weighted by Gasteiger charge is -2.14. The fourth-order valence-corrected chi connectivity index (χ4v) is 2.91. The number of carbonyl (C=O) groups excluding carboxylic acids is 1. The number of aliphatic hydroxyl groups is 1. The Kier molecular flexibility index (Phi) is 4.42. The van der Waals surface area contributed by atoms with E-state index in [0.29, 0.717) is 5.56 Å². The maximum atomic E-state index is 12.6. The minimum atomic E-state index is -1.05. The first-order chi connectivity index (χ1) is 11.4. The van der Waals surface area contributed by atoms with E-state index in [1.807, 2.05) is 24.3 Å². The molecule has 1 aliphatic rings. The van der Waals surface area contributed by atoms with Gasteiger partial charge in [0, 0.05) is 11.1 Å². The fourth-order valence-electron chi connectivity index (χ4n) is 2.91. The van der Waals surface area contributed by atoms with Gasteiger partial charge in [0.1, 0.15) is 5.60 Å². The van der Waals surface area contributed by atoms with Gasteiger partial charge in [-0.3, -0.25) is 4.79 Å². The molecule has 0 aliphatic heterocycles. The summed E-state index contributed by atoms with van der Waals surface area (Å²) in [7, 11) is 0. The number of aryl methyl sites for hydroxylation is 1. The van der Waals surface area contributed by atoms with Gasteiger partial charge in [0.25, 0.3) is 5.91 Å². The van der Waals surface area contributed by atoms with Crippen LogP contribution >= 0.6 is 0 Å². The van der Waals surface area contributed by atoms with E-state index >= 15 is 0 Å². The van der Waals surface area contributed by atoms with Crippen LogP contribution in [0.1, 0.15) is 53.4 Å². The summed E-state index contributed by atoms with van der Waals surface area (Å²) in [6.07, 6.45) is 1.93. The van der Waals surface area contributed by atoms with Gasteiger partial charge >= 0.3 is 0 Å². The summed E-state index contributed by atoms with van der Waals surface area (Å²) >= 11 is 0. The van der Waals surface area contributed by atoms with Crippen LogP contribution in [0.5, 0.6) is 0 Å². The van der Waals surface area contributed by atoms with E-state index in [4.69, 9.17) is 0 Å². The molecule has 122 valence electrons. The molecular weight excluding hydrogens is 298 g/mol. The minimum Gasteiger partial charge on any atom is -0.378 e. The van der Waals surface area contributed by atoms with Gasteiger partial charge in [0.05, 0.1) is 6.04 Å². The van der Waals surface area contributed by atoms with Crippen molar-refractivity contribution < 1.29 is 9.90 Å². The average molecular weight is 319 g/mol. The molecule has 0 bridgehead atoms. The first-order valence-corrected chi connectivity index (χ1v) is 8.17. The monoisotopic (exact) mass is 319 g/mol. The molecule has 0 heterocycles. The molecule has 0 fully saturated rings. The molecule has 3 nitrogen and oxygen atoms in total. The molecular formula is C21H21NO2. The highest BCUT2D eigenvalue weighted by Crippen LogP contribution is 2.30. The van der Waals surface area contributed by atoms with Crippen molar-refractivity contribution in [2.45, 2.75) is 38.3 Å². The molecule has 1 amide bonds. The number of fused-ring (bicyclic) bond motifs is 1. The van der Waals surface area contributed by atoms with Crippen LogP contribution in [0.15, 0.2) is 48.5 Å². The van der Waals surface area contributed by atoms with Crippen molar-refractivity contribution in [3.05, 3.63) is 70.8 Å². The van der Waals surface area contributed by atoms with E-state index in [-0.39, 0.29) is 11.9 Å². The molecule has 1 aliphatic carbocycles. The predicted octanol–water partition coefficient (Wildman–Crippen LogP) is 3.23. The number of amides is 1. The quantitative estimate of drug-likeness (QED) is 0.835. The smallest absolute Gasteiger partial charge is 0.251 e.